The van der Waals surface area contributed by atoms with Crippen molar-refractivity contribution in [1.82, 2.24) is 9.88 Å². The predicted molar refractivity (Wildman–Crippen MR) is 126 cm³/mol. The molecule has 2 aliphatic carbocycles. The van der Waals surface area contributed by atoms with E-state index in [1.807, 2.05) is 0 Å². The largest absolute Gasteiger partial charge is 0.416 e. The summed E-state index contributed by atoms with van der Waals surface area (Å²) in [4.78, 5) is 56.2. The number of benzene rings is 1. The summed E-state index contributed by atoms with van der Waals surface area (Å²) in [6.07, 6.45) is -3.81. The van der Waals surface area contributed by atoms with E-state index in [1.165, 1.54) is 23.5 Å². The van der Waals surface area contributed by atoms with Crippen LogP contribution in [0.3, 0.4) is 0 Å². The van der Waals surface area contributed by atoms with Crippen LogP contribution in [0.25, 0.3) is 0 Å². The Balaban J connectivity index is 1.22. The zero-order valence-corrected chi connectivity index (χ0v) is 20.9. The van der Waals surface area contributed by atoms with Gasteiger partial charge in [0, 0.05) is 21.2 Å². The third-order valence-corrected chi connectivity index (χ3v) is 11.1. The molecule has 1 saturated heterocycles. The maximum Gasteiger partial charge on any atom is 0.416 e. The standard InChI is InChI=1S/C24H22F3N3O4S2/c1-23(2)16-11-7-12(17(16)35-19-18(23)36-22(34)29-19)15-14(11)20(32)30(21(15)33)8-13(31)28-10-5-3-4-9(6-10)24(25,26)27/h3-6,11-12,14-17H,7-8H2,1-2H3,(H,28,31)(H,29,34)/t11-,12-,14-,15-,16+,17+/m1/s1. The summed E-state index contributed by atoms with van der Waals surface area (Å²) in [7, 11) is 0. The summed E-state index contributed by atoms with van der Waals surface area (Å²) in [5, 5.41) is 3.31. The number of fused-ring (bicyclic) bond motifs is 9. The van der Waals surface area contributed by atoms with Gasteiger partial charge in [0.05, 0.1) is 22.4 Å². The van der Waals surface area contributed by atoms with E-state index in [1.54, 1.807) is 11.8 Å². The number of carbonyl (C=O) groups excluding carboxylic acids is 3. The molecule has 4 aliphatic rings. The number of likely N-dealkylation sites (tertiary alicyclic amines) is 1. The highest BCUT2D eigenvalue weighted by Gasteiger charge is 2.70. The molecule has 2 N–H and O–H groups in total. The Bertz CT molecular complexity index is 1370. The molecule has 2 bridgehead atoms. The van der Waals surface area contributed by atoms with Crippen molar-refractivity contribution in [3.05, 3.63) is 44.4 Å². The quantitative estimate of drug-likeness (QED) is 0.582. The number of H-pyrrole nitrogens is 1. The highest BCUT2D eigenvalue weighted by Crippen LogP contribution is 2.68. The zero-order valence-electron chi connectivity index (χ0n) is 19.2. The molecule has 3 fully saturated rings. The van der Waals surface area contributed by atoms with Crippen molar-refractivity contribution in [2.24, 2.45) is 29.6 Å². The second kappa shape index (κ2) is 7.70. The third kappa shape index (κ3) is 3.33. The highest BCUT2D eigenvalue weighted by molar-refractivity contribution is 8.00. The van der Waals surface area contributed by atoms with Gasteiger partial charge in [0.1, 0.15) is 6.54 Å². The molecule has 7 nitrogen and oxygen atoms in total. The van der Waals surface area contributed by atoms with E-state index >= 15 is 0 Å². The predicted octanol–water partition coefficient (Wildman–Crippen LogP) is 3.71. The van der Waals surface area contributed by atoms with Crippen LogP contribution < -0.4 is 10.2 Å². The van der Waals surface area contributed by atoms with Crippen molar-refractivity contribution >= 4 is 46.5 Å². The summed E-state index contributed by atoms with van der Waals surface area (Å²) >= 11 is 2.78. The van der Waals surface area contributed by atoms with E-state index in [9.17, 15) is 32.3 Å². The first kappa shape index (κ1) is 23.8. The molecule has 3 heterocycles. The van der Waals surface area contributed by atoms with Gasteiger partial charge in [-0.3, -0.25) is 24.1 Å². The van der Waals surface area contributed by atoms with Gasteiger partial charge < -0.3 is 10.3 Å². The lowest BCUT2D eigenvalue weighted by atomic mass is 9.64. The molecule has 0 spiro atoms. The molecule has 6 atom stereocenters. The smallest absolute Gasteiger partial charge is 0.325 e. The number of imide groups is 1. The Morgan fingerprint density at radius 3 is 2.56 bits per heavy atom. The Kier molecular flexibility index (Phi) is 5.09. The van der Waals surface area contributed by atoms with Gasteiger partial charge in [-0.2, -0.15) is 13.2 Å². The Morgan fingerprint density at radius 2 is 1.86 bits per heavy atom. The van der Waals surface area contributed by atoms with E-state index in [0.29, 0.717) is 0 Å². The molecule has 1 aromatic heterocycles. The molecule has 2 saturated carbocycles. The van der Waals surface area contributed by atoms with Gasteiger partial charge in [-0.15, -0.1) is 11.8 Å². The number of hydrogen-bond acceptors (Lipinski definition) is 6. The topological polar surface area (TPSA) is 99.3 Å². The van der Waals surface area contributed by atoms with Gasteiger partial charge in [-0.05, 0) is 42.4 Å². The number of thiazole rings is 1. The number of aromatic amines is 1. The van der Waals surface area contributed by atoms with Crippen LogP contribution in [0.2, 0.25) is 0 Å². The minimum atomic E-state index is -4.56. The molecule has 2 aromatic rings. The molecule has 12 heteroatoms. The SMILES string of the molecule is CC1(C)c2sc(=O)[nH]c2S[C@H]2[C@@H]3C[C@H]([C@H]4C(=O)N(CC(=O)Nc5cccc(C(F)(F)F)c5)C(=O)[C@H]34)[C@@H]21. The number of halogens is 3. The van der Waals surface area contributed by atoms with Crippen molar-refractivity contribution in [3.8, 4) is 0 Å². The van der Waals surface area contributed by atoms with Gasteiger partial charge in [-0.25, -0.2) is 0 Å². The van der Waals surface area contributed by atoms with Crippen LogP contribution in [-0.2, 0) is 26.0 Å². The minimum Gasteiger partial charge on any atom is -0.325 e. The number of alkyl halides is 3. The van der Waals surface area contributed by atoms with Gasteiger partial charge in [0.15, 0.2) is 0 Å². The summed E-state index contributed by atoms with van der Waals surface area (Å²) in [6.45, 7) is 3.64. The zero-order chi connectivity index (χ0) is 25.7. The van der Waals surface area contributed by atoms with Crippen molar-refractivity contribution in [2.45, 2.75) is 42.1 Å². The van der Waals surface area contributed by atoms with Gasteiger partial charge in [0.25, 0.3) is 0 Å². The van der Waals surface area contributed by atoms with Crippen LogP contribution in [0.1, 0.15) is 30.7 Å². The maximum atomic E-state index is 13.4. The van der Waals surface area contributed by atoms with Crippen LogP contribution in [0.15, 0.2) is 34.1 Å². The van der Waals surface area contributed by atoms with Crippen molar-refractivity contribution in [3.63, 3.8) is 0 Å². The molecule has 0 radical (unpaired) electrons. The number of rotatable bonds is 3. The fourth-order valence-corrected chi connectivity index (χ4v) is 10.1. The lowest BCUT2D eigenvalue weighted by Gasteiger charge is -2.47. The molecular formula is C24H22F3N3O4S2. The Hall–Kier alpha value is -2.60. The molecule has 2 aliphatic heterocycles. The van der Waals surface area contributed by atoms with E-state index in [-0.39, 0.29) is 44.9 Å². The number of nitrogens with zero attached hydrogens (tertiary/aromatic N) is 1. The molecular weight excluding hydrogens is 515 g/mol. The minimum absolute atomic E-state index is 0.0363. The number of hydrogen-bond donors (Lipinski definition) is 2. The van der Waals surface area contributed by atoms with Gasteiger partial charge in [0.2, 0.25) is 17.7 Å². The number of carbonyl (C=O) groups is 3. The number of aromatic nitrogens is 1. The molecule has 0 unspecified atom stereocenters. The normalized spacial score (nSPS) is 31.9. The molecule has 1 aromatic carbocycles. The summed E-state index contributed by atoms with van der Waals surface area (Å²) < 4.78 is 39.0. The molecule has 36 heavy (non-hydrogen) atoms. The number of thioether (sulfide) groups is 1. The van der Waals surface area contributed by atoms with Gasteiger partial charge >= 0.3 is 11.0 Å². The lowest BCUT2D eigenvalue weighted by Crippen LogP contribution is -2.48. The average molecular weight is 538 g/mol. The van der Waals surface area contributed by atoms with Crippen LogP contribution in [0, 0.1) is 29.6 Å². The summed E-state index contributed by atoms with van der Waals surface area (Å²) in [6, 6.07) is 4.21. The second-order valence-corrected chi connectivity index (χ2v) is 12.7. The summed E-state index contributed by atoms with van der Waals surface area (Å²) in [5.74, 6) is -2.49. The number of anilines is 1. The van der Waals surface area contributed by atoms with Crippen LogP contribution in [-0.4, -0.2) is 39.4 Å². The van der Waals surface area contributed by atoms with Crippen LogP contribution in [0.5, 0.6) is 0 Å². The van der Waals surface area contributed by atoms with E-state index < -0.39 is 41.9 Å². The van der Waals surface area contributed by atoms with E-state index in [2.05, 4.69) is 24.1 Å². The molecule has 6 rings (SSSR count). The van der Waals surface area contributed by atoms with Crippen molar-refractivity contribution in [1.29, 1.82) is 0 Å². The lowest BCUT2D eigenvalue weighted by molar-refractivity contribution is -0.143. The first-order chi connectivity index (χ1) is 16.9. The Labute approximate surface area is 211 Å². The number of amides is 3. The second-order valence-electron chi connectivity index (χ2n) is 10.5. The first-order valence-corrected chi connectivity index (χ1v) is 13.3. The fraction of sp³-hybridized carbons (Fsp3) is 0.500. The molecule has 3 amide bonds. The highest BCUT2D eigenvalue weighted by atomic mass is 32.2. The van der Waals surface area contributed by atoms with E-state index in [4.69, 9.17) is 0 Å². The molecule has 190 valence electrons. The maximum absolute atomic E-state index is 13.4. The van der Waals surface area contributed by atoms with Crippen LogP contribution in [0.4, 0.5) is 18.9 Å². The average Bonchev–Trinajstić information content (AvgIpc) is 3.51. The summed E-state index contributed by atoms with van der Waals surface area (Å²) in [5.41, 5.74) is -1.30. The van der Waals surface area contributed by atoms with E-state index in [0.717, 1.165) is 33.4 Å². The number of nitrogens with one attached hydrogen (secondary N) is 2. The van der Waals surface area contributed by atoms with Gasteiger partial charge in [-0.1, -0.05) is 31.3 Å². The Morgan fingerprint density at radius 1 is 1.17 bits per heavy atom. The van der Waals surface area contributed by atoms with Crippen molar-refractivity contribution < 1.29 is 27.6 Å². The van der Waals surface area contributed by atoms with Crippen LogP contribution >= 0.6 is 23.1 Å². The first-order valence-electron chi connectivity index (χ1n) is 11.6. The monoisotopic (exact) mass is 537 g/mol. The third-order valence-electron chi connectivity index (χ3n) is 8.26. The van der Waals surface area contributed by atoms with Crippen molar-refractivity contribution in [2.75, 3.05) is 11.9 Å². The fourth-order valence-electron chi connectivity index (χ4n) is 6.99.